The molecular formula is C12H20FO8P. The SMILES string of the molecule is CC1(C)O[C@H]2O[C@H]([C@@H]3COC(C)(C)O3)[C@H](OP(=O)(O)F)[C@H]2O1. The first-order valence-electron chi connectivity index (χ1n) is 7.00. The Labute approximate surface area is 127 Å². The Morgan fingerprint density at radius 2 is 1.82 bits per heavy atom. The van der Waals surface area contributed by atoms with E-state index in [4.69, 9.17) is 28.6 Å². The minimum Gasteiger partial charge on any atom is -0.348 e. The summed E-state index contributed by atoms with van der Waals surface area (Å²) in [5.74, 6) is -1.78. The molecule has 0 aromatic carbocycles. The summed E-state index contributed by atoms with van der Waals surface area (Å²) in [7, 11) is -5.23. The van der Waals surface area contributed by atoms with Crippen LogP contribution < -0.4 is 0 Å². The molecule has 3 rings (SSSR count). The quantitative estimate of drug-likeness (QED) is 0.771. The van der Waals surface area contributed by atoms with Gasteiger partial charge in [0.25, 0.3) is 0 Å². The van der Waals surface area contributed by atoms with Crippen molar-refractivity contribution in [3.05, 3.63) is 0 Å². The van der Waals surface area contributed by atoms with Crippen LogP contribution in [0.1, 0.15) is 27.7 Å². The first-order chi connectivity index (χ1) is 9.96. The van der Waals surface area contributed by atoms with Crippen molar-refractivity contribution < 1.29 is 41.9 Å². The lowest BCUT2D eigenvalue weighted by Gasteiger charge is -2.28. The highest BCUT2D eigenvalue weighted by molar-refractivity contribution is 7.46. The monoisotopic (exact) mass is 342 g/mol. The fourth-order valence-corrected chi connectivity index (χ4v) is 3.49. The molecule has 0 aliphatic carbocycles. The minimum atomic E-state index is -5.23. The van der Waals surface area contributed by atoms with Gasteiger partial charge < -0.3 is 23.7 Å². The van der Waals surface area contributed by atoms with Crippen LogP contribution in [0.25, 0.3) is 0 Å². The van der Waals surface area contributed by atoms with Gasteiger partial charge in [0.1, 0.15) is 24.4 Å². The highest BCUT2D eigenvalue weighted by Crippen LogP contribution is 2.51. The Hall–Kier alpha value is -0.120. The molecule has 0 bridgehead atoms. The van der Waals surface area contributed by atoms with Gasteiger partial charge in [-0.15, -0.1) is 4.20 Å². The lowest BCUT2D eigenvalue weighted by molar-refractivity contribution is -0.231. The van der Waals surface area contributed by atoms with Gasteiger partial charge >= 0.3 is 7.91 Å². The largest absolute Gasteiger partial charge is 0.510 e. The van der Waals surface area contributed by atoms with Crippen LogP contribution in [0.5, 0.6) is 0 Å². The second-order valence-electron chi connectivity index (χ2n) is 6.46. The molecule has 3 aliphatic rings. The molecule has 0 saturated carbocycles. The summed E-state index contributed by atoms with van der Waals surface area (Å²) >= 11 is 0. The standard InChI is InChI=1S/C12H20FO8P/c1-11(2)16-5-6(18-11)7-8(21-22(13,14)15)9-10(17-7)20-12(3,4)19-9/h6-10H,5H2,1-4H3,(H,14,15)/t6-,7+,8-,9+,10+/m0/s1. The van der Waals surface area contributed by atoms with Gasteiger partial charge in [0.15, 0.2) is 17.9 Å². The second-order valence-corrected chi connectivity index (χ2v) is 7.57. The van der Waals surface area contributed by atoms with Crippen LogP contribution in [0.3, 0.4) is 0 Å². The van der Waals surface area contributed by atoms with Crippen molar-refractivity contribution in [2.24, 2.45) is 0 Å². The second kappa shape index (κ2) is 5.19. The zero-order chi connectivity index (χ0) is 16.3. The van der Waals surface area contributed by atoms with Crippen molar-refractivity contribution >= 4 is 7.91 Å². The molecule has 3 saturated heterocycles. The third kappa shape index (κ3) is 3.37. The number of ether oxygens (including phenoxy) is 5. The molecule has 128 valence electrons. The van der Waals surface area contributed by atoms with Gasteiger partial charge in [-0.2, -0.15) is 0 Å². The molecule has 0 aromatic rings. The van der Waals surface area contributed by atoms with Gasteiger partial charge in [-0.25, -0.2) is 4.57 Å². The van der Waals surface area contributed by atoms with Crippen LogP contribution in [-0.4, -0.2) is 53.8 Å². The van der Waals surface area contributed by atoms with Crippen molar-refractivity contribution in [2.75, 3.05) is 6.61 Å². The van der Waals surface area contributed by atoms with Crippen molar-refractivity contribution in [3.8, 4) is 0 Å². The first-order valence-corrected chi connectivity index (χ1v) is 8.46. The lowest BCUT2D eigenvalue weighted by atomic mass is 10.1. The third-order valence-corrected chi connectivity index (χ3v) is 4.18. The molecular weight excluding hydrogens is 322 g/mol. The zero-order valence-corrected chi connectivity index (χ0v) is 13.6. The summed E-state index contributed by atoms with van der Waals surface area (Å²) in [6.07, 6.45) is -4.24. The van der Waals surface area contributed by atoms with Gasteiger partial charge in [-0.3, -0.25) is 9.42 Å². The van der Waals surface area contributed by atoms with E-state index < -0.39 is 50.2 Å². The molecule has 0 radical (unpaired) electrons. The van der Waals surface area contributed by atoms with E-state index in [0.29, 0.717) is 0 Å². The fourth-order valence-electron chi connectivity index (χ4n) is 2.95. The maximum Gasteiger partial charge on any atom is 0.510 e. The predicted molar refractivity (Wildman–Crippen MR) is 69.4 cm³/mol. The molecule has 22 heavy (non-hydrogen) atoms. The van der Waals surface area contributed by atoms with Crippen molar-refractivity contribution in [3.63, 3.8) is 0 Å². The minimum absolute atomic E-state index is 0.183. The van der Waals surface area contributed by atoms with E-state index in [-0.39, 0.29) is 6.61 Å². The molecule has 10 heteroatoms. The van der Waals surface area contributed by atoms with Crippen LogP contribution >= 0.6 is 7.91 Å². The predicted octanol–water partition coefficient (Wildman–Crippen LogP) is 1.47. The van der Waals surface area contributed by atoms with Crippen LogP contribution in [0.15, 0.2) is 0 Å². The van der Waals surface area contributed by atoms with Gasteiger partial charge in [-0.1, -0.05) is 0 Å². The highest BCUT2D eigenvalue weighted by Gasteiger charge is 2.60. The van der Waals surface area contributed by atoms with E-state index >= 15 is 0 Å². The maximum atomic E-state index is 13.2. The topological polar surface area (TPSA) is 92.7 Å². The molecule has 1 N–H and O–H groups in total. The smallest absolute Gasteiger partial charge is 0.348 e. The fraction of sp³-hybridized carbons (Fsp3) is 1.00. The molecule has 1 unspecified atom stereocenters. The summed E-state index contributed by atoms with van der Waals surface area (Å²) in [6.45, 7) is 6.95. The summed E-state index contributed by atoms with van der Waals surface area (Å²) in [5, 5.41) is 0. The lowest BCUT2D eigenvalue weighted by Crippen LogP contribution is -2.43. The van der Waals surface area contributed by atoms with Gasteiger partial charge in [0, 0.05) is 0 Å². The number of rotatable bonds is 3. The zero-order valence-electron chi connectivity index (χ0n) is 12.7. The molecule has 3 heterocycles. The molecule has 3 fully saturated rings. The van der Waals surface area contributed by atoms with E-state index in [0.717, 1.165) is 0 Å². The van der Waals surface area contributed by atoms with E-state index in [1.165, 1.54) is 0 Å². The Balaban J connectivity index is 1.80. The summed E-state index contributed by atoms with van der Waals surface area (Å²) in [4.78, 5) is 8.93. The maximum absolute atomic E-state index is 13.2. The molecule has 0 spiro atoms. The number of halogens is 1. The number of fused-ring (bicyclic) bond motifs is 1. The van der Waals surface area contributed by atoms with Gasteiger partial charge in [-0.05, 0) is 27.7 Å². The Morgan fingerprint density at radius 1 is 1.14 bits per heavy atom. The van der Waals surface area contributed by atoms with Gasteiger partial charge in [0.2, 0.25) is 0 Å². The third-order valence-electron chi connectivity index (χ3n) is 3.68. The summed E-state index contributed by atoms with van der Waals surface area (Å²) < 4.78 is 56.8. The van der Waals surface area contributed by atoms with Crippen LogP contribution in [0, 0.1) is 0 Å². The molecule has 6 atom stereocenters. The van der Waals surface area contributed by atoms with E-state index in [1.54, 1.807) is 27.7 Å². The van der Waals surface area contributed by atoms with Crippen LogP contribution in [0.2, 0.25) is 0 Å². The average molecular weight is 342 g/mol. The van der Waals surface area contributed by atoms with E-state index in [2.05, 4.69) is 4.52 Å². The van der Waals surface area contributed by atoms with Crippen molar-refractivity contribution in [1.82, 2.24) is 0 Å². The Bertz CT molecular complexity index is 492. The van der Waals surface area contributed by atoms with E-state index in [1.807, 2.05) is 0 Å². The van der Waals surface area contributed by atoms with Gasteiger partial charge in [0.05, 0.1) is 6.61 Å². The van der Waals surface area contributed by atoms with Crippen molar-refractivity contribution in [1.29, 1.82) is 0 Å². The van der Waals surface area contributed by atoms with Crippen LogP contribution in [-0.2, 0) is 32.8 Å². The molecule has 3 aliphatic heterocycles. The Morgan fingerprint density at radius 3 is 2.36 bits per heavy atom. The molecule has 0 amide bonds. The highest BCUT2D eigenvalue weighted by atomic mass is 31.2. The average Bonchev–Trinajstić information content (AvgIpc) is 2.89. The molecule has 0 aromatic heterocycles. The first kappa shape index (κ1) is 16.7. The summed E-state index contributed by atoms with van der Waals surface area (Å²) in [5.41, 5.74) is 0. The number of hydrogen-bond acceptors (Lipinski definition) is 7. The van der Waals surface area contributed by atoms with Crippen LogP contribution in [0.4, 0.5) is 4.20 Å². The van der Waals surface area contributed by atoms with E-state index in [9.17, 15) is 8.76 Å². The summed E-state index contributed by atoms with van der Waals surface area (Å²) in [6, 6.07) is 0. The molecule has 8 nitrogen and oxygen atoms in total. The Kier molecular flexibility index (Phi) is 3.95. The number of hydrogen-bond donors (Lipinski definition) is 1. The normalized spacial score (nSPS) is 45.6. The van der Waals surface area contributed by atoms with Crippen molar-refractivity contribution in [2.45, 2.75) is 70.0 Å².